The van der Waals surface area contributed by atoms with Crippen molar-refractivity contribution in [3.8, 4) is 11.3 Å². The summed E-state index contributed by atoms with van der Waals surface area (Å²) in [5.41, 5.74) is 9.65. The van der Waals surface area contributed by atoms with Gasteiger partial charge >= 0.3 is 0 Å². The Bertz CT molecular complexity index is 1350. The molecule has 0 saturated carbocycles. The number of nitrogens with zero attached hydrogens (tertiary/aromatic N) is 2. The van der Waals surface area contributed by atoms with Gasteiger partial charge in [-0.1, -0.05) is 106 Å². The Morgan fingerprint density at radius 3 is 2.10 bits per heavy atom. The van der Waals surface area contributed by atoms with E-state index in [1.54, 1.807) is 0 Å². The van der Waals surface area contributed by atoms with E-state index in [9.17, 15) is 0 Å². The minimum absolute atomic E-state index is 0.0157. The van der Waals surface area contributed by atoms with Crippen molar-refractivity contribution >= 4 is 18.7 Å². The van der Waals surface area contributed by atoms with Crippen LogP contribution in [-0.4, -0.2) is 37.1 Å². The van der Waals surface area contributed by atoms with Crippen molar-refractivity contribution in [2.45, 2.75) is 70.7 Å². The van der Waals surface area contributed by atoms with Gasteiger partial charge in [-0.25, -0.2) is 4.98 Å². The summed E-state index contributed by atoms with van der Waals surface area (Å²) in [4.78, 5) is 4.90. The minimum atomic E-state index is -2.54. The molecule has 0 radical (unpaired) electrons. The highest BCUT2D eigenvalue weighted by atomic mass is 28.4. The zero-order valence-corrected chi connectivity index (χ0v) is 25.6. The normalized spacial score (nSPS) is 15.9. The third-order valence-electron chi connectivity index (χ3n) is 8.08. The molecular formula is C34H43N3O2Si. The number of fused-ring (bicyclic) bond motifs is 1. The first-order valence-corrected chi connectivity index (χ1v) is 16.3. The van der Waals surface area contributed by atoms with E-state index in [2.05, 4.69) is 130 Å². The molecule has 2 N–H and O–H groups in total. The van der Waals surface area contributed by atoms with Gasteiger partial charge in [0.25, 0.3) is 8.32 Å². The summed E-state index contributed by atoms with van der Waals surface area (Å²) in [6.07, 6.45) is 3.75. The molecule has 6 heteroatoms. The number of benzene rings is 3. The Balaban J connectivity index is 1.26. The molecule has 0 amide bonds. The highest BCUT2D eigenvalue weighted by Gasteiger charge is 2.50. The van der Waals surface area contributed by atoms with Crippen molar-refractivity contribution in [3.05, 3.63) is 103 Å². The first-order valence-electron chi connectivity index (χ1n) is 14.4. The molecular weight excluding hydrogens is 510 g/mol. The van der Waals surface area contributed by atoms with Gasteiger partial charge in [-0.3, -0.25) is 0 Å². The van der Waals surface area contributed by atoms with E-state index in [0.29, 0.717) is 13.2 Å². The van der Waals surface area contributed by atoms with Crippen molar-refractivity contribution in [2.75, 3.05) is 13.2 Å². The van der Waals surface area contributed by atoms with Crippen molar-refractivity contribution in [1.82, 2.24) is 9.55 Å². The summed E-state index contributed by atoms with van der Waals surface area (Å²) in [6, 6.07) is 30.3. The summed E-state index contributed by atoms with van der Waals surface area (Å²) >= 11 is 0. The standard InChI is InChI=1S/C34H43N3O2Si/c1-33(2,3)40(29-12-8-6-9-13-29,30-14-10-7-11-15-30)39-22-20-28(35)24-26-16-18-27(19-17-26)31-25-37-21-23-38-34(4,5)32(37)36-31/h6-19,25,28H,20-24,35H2,1-5H3. The van der Waals surface area contributed by atoms with Gasteiger partial charge in [0.2, 0.25) is 0 Å². The number of rotatable bonds is 9. The molecule has 0 aliphatic carbocycles. The van der Waals surface area contributed by atoms with Crippen LogP contribution in [0.2, 0.25) is 5.04 Å². The molecule has 5 rings (SSSR count). The quantitative estimate of drug-likeness (QED) is 0.272. The van der Waals surface area contributed by atoms with Crippen molar-refractivity contribution in [3.63, 3.8) is 0 Å². The molecule has 0 spiro atoms. The number of imidazole rings is 1. The molecule has 3 aromatic carbocycles. The summed E-state index contributed by atoms with van der Waals surface area (Å²) in [7, 11) is -2.54. The summed E-state index contributed by atoms with van der Waals surface area (Å²) < 4.78 is 15.2. The predicted octanol–water partition coefficient (Wildman–Crippen LogP) is 5.65. The van der Waals surface area contributed by atoms with E-state index >= 15 is 0 Å². The van der Waals surface area contributed by atoms with Crippen LogP contribution >= 0.6 is 0 Å². The lowest BCUT2D eigenvalue weighted by molar-refractivity contribution is -0.0538. The molecule has 0 bridgehead atoms. The van der Waals surface area contributed by atoms with Gasteiger partial charge in [-0.05, 0) is 47.7 Å². The zero-order chi connectivity index (χ0) is 28.4. The van der Waals surface area contributed by atoms with E-state index in [1.807, 2.05) is 0 Å². The Labute approximate surface area is 240 Å². The van der Waals surface area contributed by atoms with Gasteiger partial charge < -0.3 is 19.5 Å². The number of ether oxygens (including phenoxy) is 1. The number of nitrogens with two attached hydrogens (primary N) is 1. The fourth-order valence-corrected chi connectivity index (χ4v) is 10.6. The predicted molar refractivity (Wildman–Crippen MR) is 167 cm³/mol. The summed E-state index contributed by atoms with van der Waals surface area (Å²) in [5.74, 6) is 0.987. The second kappa shape index (κ2) is 11.5. The molecule has 2 heterocycles. The van der Waals surface area contributed by atoms with Crippen molar-refractivity contribution < 1.29 is 9.16 Å². The molecule has 1 atom stereocenters. The molecule has 4 aromatic rings. The van der Waals surface area contributed by atoms with Crippen LogP contribution in [0.1, 0.15) is 52.4 Å². The lowest BCUT2D eigenvalue weighted by Gasteiger charge is -2.43. The van der Waals surface area contributed by atoms with E-state index < -0.39 is 8.32 Å². The smallest absolute Gasteiger partial charge is 0.261 e. The summed E-state index contributed by atoms with van der Waals surface area (Å²) in [5, 5.41) is 2.56. The van der Waals surface area contributed by atoms with Gasteiger partial charge in [0.05, 0.1) is 12.3 Å². The van der Waals surface area contributed by atoms with Crippen LogP contribution in [0.5, 0.6) is 0 Å². The van der Waals surface area contributed by atoms with Crippen molar-refractivity contribution in [1.29, 1.82) is 0 Å². The highest BCUT2D eigenvalue weighted by molar-refractivity contribution is 6.99. The Hall–Kier alpha value is -3.03. The Kier molecular flexibility index (Phi) is 8.16. The van der Waals surface area contributed by atoms with E-state index in [-0.39, 0.29) is 16.7 Å². The fourth-order valence-electron chi connectivity index (χ4n) is 6.01. The van der Waals surface area contributed by atoms with Crippen molar-refractivity contribution in [2.24, 2.45) is 5.73 Å². The monoisotopic (exact) mass is 553 g/mol. The van der Waals surface area contributed by atoms with Crippen LogP contribution < -0.4 is 16.1 Å². The zero-order valence-electron chi connectivity index (χ0n) is 24.6. The third-order valence-corrected chi connectivity index (χ3v) is 13.1. The molecule has 210 valence electrons. The minimum Gasteiger partial charge on any atom is -0.407 e. The average molecular weight is 554 g/mol. The second-order valence-electron chi connectivity index (χ2n) is 12.5. The maximum atomic E-state index is 7.05. The van der Waals surface area contributed by atoms with Crippen LogP contribution in [0, 0.1) is 0 Å². The average Bonchev–Trinajstić information content (AvgIpc) is 3.38. The SMILES string of the molecule is CC1(C)OCCn2cc(-c3ccc(CC(N)CCO[Si](c4ccccc4)(c4ccccc4)C(C)(C)C)cc3)nc21. The van der Waals surface area contributed by atoms with Crippen LogP contribution in [0.25, 0.3) is 11.3 Å². The number of aromatic nitrogens is 2. The summed E-state index contributed by atoms with van der Waals surface area (Å²) in [6.45, 7) is 13.3. The Morgan fingerprint density at radius 2 is 1.55 bits per heavy atom. The van der Waals surface area contributed by atoms with Crippen LogP contribution in [0.15, 0.2) is 91.1 Å². The van der Waals surface area contributed by atoms with Gasteiger partial charge in [0, 0.05) is 31.0 Å². The largest absolute Gasteiger partial charge is 0.407 e. The molecule has 1 unspecified atom stereocenters. The first-order chi connectivity index (χ1) is 19.1. The van der Waals surface area contributed by atoms with Crippen LogP contribution in [-0.2, 0) is 27.7 Å². The van der Waals surface area contributed by atoms with Gasteiger partial charge in [-0.2, -0.15) is 0 Å². The number of hydrogen-bond acceptors (Lipinski definition) is 4. The number of hydrogen-bond donors (Lipinski definition) is 1. The molecule has 1 aliphatic heterocycles. The third kappa shape index (κ3) is 5.72. The molecule has 5 nitrogen and oxygen atoms in total. The van der Waals surface area contributed by atoms with Gasteiger partial charge in [0.15, 0.2) is 0 Å². The molecule has 1 aromatic heterocycles. The second-order valence-corrected chi connectivity index (χ2v) is 16.8. The molecule has 0 saturated heterocycles. The van der Waals surface area contributed by atoms with E-state index in [0.717, 1.165) is 36.5 Å². The van der Waals surface area contributed by atoms with E-state index in [1.165, 1.54) is 15.9 Å². The topological polar surface area (TPSA) is 62.3 Å². The Morgan fingerprint density at radius 1 is 0.950 bits per heavy atom. The maximum Gasteiger partial charge on any atom is 0.261 e. The van der Waals surface area contributed by atoms with E-state index in [4.69, 9.17) is 19.9 Å². The fraction of sp³-hybridized carbons (Fsp3) is 0.382. The molecule has 1 aliphatic rings. The highest BCUT2D eigenvalue weighted by Crippen LogP contribution is 2.37. The van der Waals surface area contributed by atoms with Crippen LogP contribution in [0.4, 0.5) is 0 Å². The van der Waals surface area contributed by atoms with Crippen LogP contribution in [0.3, 0.4) is 0 Å². The van der Waals surface area contributed by atoms with Gasteiger partial charge in [-0.15, -0.1) is 0 Å². The lowest BCUT2D eigenvalue weighted by Crippen LogP contribution is -2.66. The lowest BCUT2D eigenvalue weighted by atomic mass is 10.0. The molecule has 0 fully saturated rings. The maximum absolute atomic E-state index is 7.05. The molecule has 40 heavy (non-hydrogen) atoms. The first kappa shape index (κ1) is 28.5. The van der Waals surface area contributed by atoms with Gasteiger partial charge in [0.1, 0.15) is 11.4 Å².